The number of hydrogen-bond acceptors (Lipinski definition) is 1. The average molecular weight is 643 g/mol. The highest BCUT2D eigenvalue weighted by Gasteiger charge is 2.39. The van der Waals surface area contributed by atoms with Crippen LogP contribution in [-0.2, 0) is 10.8 Å². The molecule has 240 valence electrons. The van der Waals surface area contributed by atoms with E-state index in [2.05, 4.69) is 195 Å². The largest absolute Gasteiger partial charge is 0.310 e. The number of benzene rings is 7. The van der Waals surface area contributed by atoms with E-state index in [0.29, 0.717) is 0 Å². The van der Waals surface area contributed by atoms with Gasteiger partial charge in [0.1, 0.15) is 0 Å². The molecule has 0 spiro atoms. The molecule has 2 aliphatic carbocycles. The SMILES string of the molecule is CC1(C)c2ccccc2-c2ccc(N(c3ccccc3)c3ccc4c(c3)C(C)(C)c3cccc(-n5c6ccccc6c6ccccc65)c3-4)cc21. The lowest BCUT2D eigenvalue weighted by Gasteiger charge is -2.29. The lowest BCUT2D eigenvalue weighted by atomic mass is 9.82. The minimum Gasteiger partial charge on any atom is -0.310 e. The van der Waals surface area contributed by atoms with Gasteiger partial charge in [0.25, 0.3) is 0 Å². The van der Waals surface area contributed by atoms with E-state index in [1.54, 1.807) is 0 Å². The Hall–Kier alpha value is -5.86. The van der Waals surface area contributed by atoms with E-state index in [4.69, 9.17) is 0 Å². The monoisotopic (exact) mass is 642 g/mol. The summed E-state index contributed by atoms with van der Waals surface area (Å²) in [5.41, 5.74) is 17.8. The average Bonchev–Trinajstić information content (AvgIpc) is 3.69. The first-order valence-electron chi connectivity index (χ1n) is 17.7. The van der Waals surface area contributed by atoms with Gasteiger partial charge in [-0.1, -0.05) is 131 Å². The number of nitrogens with zero attached hydrogens (tertiary/aromatic N) is 2. The Morgan fingerprint density at radius 3 is 1.62 bits per heavy atom. The number of para-hydroxylation sites is 3. The summed E-state index contributed by atoms with van der Waals surface area (Å²) in [5.74, 6) is 0. The molecule has 0 amide bonds. The maximum absolute atomic E-state index is 2.48. The molecule has 0 N–H and O–H groups in total. The maximum atomic E-state index is 2.48. The van der Waals surface area contributed by atoms with Crippen molar-refractivity contribution in [3.05, 3.63) is 180 Å². The molecule has 0 aliphatic heterocycles. The second-order valence-corrected chi connectivity index (χ2v) is 15.0. The molecule has 0 atom stereocenters. The standard InChI is InChI=1S/C48H38N2/c1-47(2)39-20-11-8-17-34(39)35-27-25-32(29-41(35)47)49(31-15-6-5-7-16-31)33-26-28-38-42(30-33)48(3,4)40-21-14-24-45(46(38)40)50-43-22-12-9-18-36(43)37-19-10-13-23-44(37)50/h5-30H,1-4H3. The normalized spacial score (nSPS) is 14.7. The summed E-state index contributed by atoms with van der Waals surface area (Å²) in [6, 6.07) is 58.4. The van der Waals surface area contributed by atoms with Crippen molar-refractivity contribution in [1.82, 2.24) is 4.57 Å². The van der Waals surface area contributed by atoms with Gasteiger partial charge < -0.3 is 9.47 Å². The van der Waals surface area contributed by atoms with Gasteiger partial charge in [0.15, 0.2) is 0 Å². The molecule has 2 heteroatoms. The van der Waals surface area contributed by atoms with E-state index < -0.39 is 0 Å². The first kappa shape index (κ1) is 29.1. The summed E-state index contributed by atoms with van der Waals surface area (Å²) < 4.78 is 2.48. The molecule has 0 saturated heterocycles. The topological polar surface area (TPSA) is 8.17 Å². The molecular weight excluding hydrogens is 605 g/mol. The first-order chi connectivity index (χ1) is 24.3. The Bertz CT molecular complexity index is 2600. The number of fused-ring (bicyclic) bond motifs is 9. The Morgan fingerprint density at radius 2 is 0.920 bits per heavy atom. The van der Waals surface area contributed by atoms with E-state index in [1.165, 1.54) is 83.4 Å². The van der Waals surface area contributed by atoms with Crippen LogP contribution in [0, 0.1) is 0 Å². The lowest BCUT2D eigenvalue weighted by Crippen LogP contribution is -2.18. The zero-order valence-electron chi connectivity index (χ0n) is 28.9. The van der Waals surface area contributed by atoms with Crippen LogP contribution in [0.25, 0.3) is 49.7 Å². The van der Waals surface area contributed by atoms with Gasteiger partial charge in [0.05, 0.1) is 16.7 Å². The zero-order chi connectivity index (χ0) is 33.8. The van der Waals surface area contributed by atoms with Crippen molar-refractivity contribution in [2.75, 3.05) is 4.90 Å². The van der Waals surface area contributed by atoms with Crippen LogP contribution in [0.4, 0.5) is 17.1 Å². The molecule has 50 heavy (non-hydrogen) atoms. The van der Waals surface area contributed by atoms with Crippen molar-refractivity contribution in [1.29, 1.82) is 0 Å². The summed E-state index contributed by atoms with van der Waals surface area (Å²) in [6.07, 6.45) is 0. The Labute approximate surface area is 293 Å². The van der Waals surface area contributed by atoms with E-state index in [0.717, 1.165) is 5.69 Å². The highest BCUT2D eigenvalue weighted by atomic mass is 15.1. The van der Waals surface area contributed by atoms with Crippen molar-refractivity contribution < 1.29 is 0 Å². The van der Waals surface area contributed by atoms with Crippen molar-refractivity contribution in [2.45, 2.75) is 38.5 Å². The summed E-state index contributed by atoms with van der Waals surface area (Å²) in [6.45, 7) is 9.49. The number of anilines is 3. The highest BCUT2D eigenvalue weighted by Crippen LogP contribution is 2.54. The molecule has 2 nitrogen and oxygen atoms in total. The van der Waals surface area contributed by atoms with Gasteiger partial charge >= 0.3 is 0 Å². The minimum atomic E-state index is -0.181. The predicted molar refractivity (Wildman–Crippen MR) is 211 cm³/mol. The molecular formula is C48H38N2. The molecule has 2 aliphatic rings. The van der Waals surface area contributed by atoms with Gasteiger partial charge in [0, 0.05) is 44.2 Å². The smallest absolute Gasteiger partial charge is 0.0543 e. The molecule has 7 aromatic carbocycles. The van der Waals surface area contributed by atoms with Crippen molar-refractivity contribution in [2.24, 2.45) is 0 Å². The molecule has 0 fully saturated rings. The van der Waals surface area contributed by atoms with E-state index in [9.17, 15) is 0 Å². The third-order valence-corrected chi connectivity index (χ3v) is 11.6. The second-order valence-electron chi connectivity index (χ2n) is 15.0. The van der Waals surface area contributed by atoms with Crippen LogP contribution in [0.1, 0.15) is 49.9 Å². The summed E-state index contributed by atoms with van der Waals surface area (Å²) in [5, 5.41) is 2.57. The maximum Gasteiger partial charge on any atom is 0.0543 e. The van der Waals surface area contributed by atoms with Crippen molar-refractivity contribution in [3.63, 3.8) is 0 Å². The van der Waals surface area contributed by atoms with Gasteiger partial charge in [-0.3, -0.25) is 0 Å². The van der Waals surface area contributed by atoms with E-state index in [1.807, 2.05) is 0 Å². The van der Waals surface area contributed by atoms with Crippen molar-refractivity contribution >= 4 is 38.9 Å². The molecule has 0 saturated carbocycles. The third-order valence-electron chi connectivity index (χ3n) is 11.6. The summed E-state index contributed by atoms with van der Waals surface area (Å²) >= 11 is 0. The molecule has 10 rings (SSSR count). The van der Waals surface area contributed by atoms with E-state index in [-0.39, 0.29) is 10.8 Å². The molecule has 0 bridgehead atoms. The second kappa shape index (κ2) is 10.3. The van der Waals surface area contributed by atoms with Crippen LogP contribution < -0.4 is 4.90 Å². The molecule has 8 aromatic rings. The minimum absolute atomic E-state index is 0.0743. The van der Waals surface area contributed by atoms with Crippen LogP contribution in [0.3, 0.4) is 0 Å². The van der Waals surface area contributed by atoms with E-state index >= 15 is 0 Å². The molecule has 1 aromatic heterocycles. The van der Waals surface area contributed by atoms with Crippen molar-refractivity contribution in [3.8, 4) is 27.9 Å². The number of aromatic nitrogens is 1. The highest BCUT2D eigenvalue weighted by molar-refractivity contribution is 6.10. The third kappa shape index (κ3) is 3.91. The van der Waals surface area contributed by atoms with Gasteiger partial charge in [-0.05, 0) is 93.5 Å². The number of rotatable bonds is 4. The quantitative estimate of drug-likeness (QED) is 0.185. The zero-order valence-corrected chi connectivity index (χ0v) is 28.9. The predicted octanol–water partition coefficient (Wildman–Crippen LogP) is 12.9. The fraction of sp³-hybridized carbons (Fsp3) is 0.125. The lowest BCUT2D eigenvalue weighted by molar-refractivity contribution is 0.660. The number of hydrogen-bond donors (Lipinski definition) is 0. The first-order valence-corrected chi connectivity index (χ1v) is 17.7. The molecule has 0 radical (unpaired) electrons. The van der Waals surface area contributed by atoms with Crippen LogP contribution >= 0.6 is 0 Å². The summed E-state index contributed by atoms with van der Waals surface area (Å²) in [7, 11) is 0. The Kier molecular flexibility index (Phi) is 6.01. The van der Waals surface area contributed by atoms with Crippen LogP contribution in [0.2, 0.25) is 0 Å². The fourth-order valence-corrected chi connectivity index (χ4v) is 9.12. The Morgan fingerprint density at radius 1 is 0.400 bits per heavy atom. The van der Waals surface area contributed by atoms with Crippen LogP contribution in [0.5, 0.6) is 0 Å². The van der Waals surface area contributed by atoms with Crippen LogP contribution in [-0.4, -0.2) is 4.57 Å². The van der Waals surface area contributed by atoms with Gasteiger partial charge in [-0.2, -0.15) is 0 Å². The Balaban J connectivity index is 1.17. The molecule has 0 unspecified atom stereocenters. The molecule has 1 heterocycles. The van der Waals surface area contributed by atoms with Gasteiger partial charge in [-0.25, -0.2) is 0 Å². The van der Waals surface area contributed by atoms with Crippen LogP contribution in [0.15, 0.2) is 158 Å². The summed E-state index contributed by atoms with van der Waals surface area (Å²) in [4.78, 5) is 2.44. The fourth-order valence-electron chi connectivity index (χ4n) is 9.12. The van der Waals surface area contributed by atoms with Gasteiger partial charge in [0.2, 0.25) is 0 Å². The van der Waals surface area contributed by atoms with Gasteiger partial charge in [-0.15, -0.1) is 0 Å².